The molecular formula is C4H5N3O2S. The fourth-order valence-corrected chi connectivity index (χ4v) is 0.949. The van der Waals surface area contributed by atoms with Gasteiger partial charge in [-0.25, -0.2) is 15.6 Å². The van der Waals surface area contributed by atoms with Crippen LogP contribution in [0.5, 0.6) is 0 Å². The maximum absolute atomic E-state index is 10.2. The van der Waals surface area contributed by atoms with Gasteiger partial charge in [-0.2, -0.15) is 5.01 Å². The lowest BCUT2D eigenvalue weighted by Crippen LogP contribution is -2.36. The Morgan fingerprint density at radius 2 is 2.60 bits per heavy atom. The Kier molecular flexibility index (Phi) is 1.83. The van der Waals surface area contributed by atoms with Crippen molar-refractivity contribution in [3.05, 3.63) is 10.9 Å². The summed E-state index contributed by atoms with van der Waals surface area (Å²) in [4.78, 5) is 13.8. The fourth-order valence-electron chi connectivity index (χ4n) is 0.423. The molecular weight excluding hydrogens is 154 g/mol. The number of hydrogen-bond acceptors (Lipinski definition) is 4. The summed E-state index contributed by atoms with van der Waals surface area (Å²) in [6.07, 6.45) is -1.22. The molecule has 0 bridgehead atoms. The van der Waals surface area contributed by atoms with Crippen LogP contribution in [0.2, 0.25) is 0 Å². The zero-order chi connectivity index (χ0) is 7.56. The van der Waals surface area contributed by atoms with E-state index in [0.29, 0.717) is 5.01 Å². The van der Waals surface area contributed by atoms with Crippen molar-refractivity contribution in [2.24, 2.45) is 5.84 Å². The molecule has 0 atom stereocenters. The normalized spacial score (nSPS) is 9.30. The van der Waals surface area contributed by atoms with Crippen molar-refractivity contribution in [1.82, 2.24) is 4.98 Å². The van der Waals surface area contributed by atoms with E-state index in [0.717, 1.165) is 0 Å². The van der Waals surface area contributed by atoms with Crippen LogP contribution < -0.4 is 10.9 Å². The van der Waals surface area contributed by atoms with E-state index in [1.54, 1.807) is 5.38 Å². The summed E-state index contributed by atoms with van der Waals surface area (Å²) in [5.41, 5.74) is 1.51. The highest BCUT2D eigenvalue weighted by molar-refractivity contribution is 7.07. The molecule has 54 valence electrons. The van der Waals surface area contributed by atoms with Crippen LogP contribution in [0.1, 0.15) is 0 Å². The zero-order valence-electron chi connectivity index (χ0n) is 4.89. The molecule has 6 heteroatoms. The highest BCUT2D eigenvalue weighted by Crippen LogP contribution is 2.09. The first-order valence-electron chi connectivity index (χ1n) is 2.38. The van der Waals surface area contributed by atoms with Gasteiger partial charge in [0.25, 0.3) is 0 Å². The molecule has 0 saturated carbocycles. The Morgan fingerprint density at radius 1 is 1.90 bits per heavy atom. The van der Waals surface area contributed by atoms with Crippen molar-refractivity contribution in [3.8, 4) is 0 Å². The van der Waals surface area contributed by atoms with Gasteiger partial charge in [-0.15, -0.1) is 11.3 Å². The van der Waals surface area contributed by atoms with Crippen molar-refractivity contribution in [2.75, 3.05) is 5.01 Å². The first-order valence-corrected chi connectivity index (χ1v) is 3.32. The Bertz CT molecular complexity index is 222. The Morgan fingerprint density at radius 3 is 3.00 bits per heavy atom. The van der Waals surface area contributed by atoms with Gasteiger partial charge < -0.3 is 5.11 Å². The van der Waals surface area contributed by atoms with Crippen molar-refractivity contribution in [2.45, 2.75) is 0 Å². The molecule has 0 aromatic carbocycles. The second-order valence-corrected chi connectivity index (χ2v) is 2.22. The summed E-state index contributed by atoms with van der Waals surface area (Å²) in [6, 6.07) is 0. The topological polar surface area (TPSA) is 79.5 Å². The summed E-state index contributed by atoms with van der Waals surface area (Å²) in [5.74, 6) is 5.31. The third-order valence-electron chi connectivity index (χ3n) is 0.872. The van der Waals surface area contributed by atoms with E-state index in [-0.39, 0.29) is 5.82 Å². The number of nitrogens with zero attached hydrogens (tertiary/aromatic N) is 2. The summed E-state index contributed by atoms with van der Waals surface area (Å²) in [5, 5.41) is 10.4. The lowest BCUT2D eigenvalue weighted by molar-refractivity contribution is 0.201. The number of hydrazine groups is 1. The first kappa shape index (κ1) is 6.97. The summed E-state index contributed by atoms with van der Waals surface area (Å²) < 4.78 is 0. The third kappa shape index (κ3) is 1.23. The number of carbonyl (C=O) groups is 1. The van der Waals surface area contributed by atoms with Crippen LogP contribution in [-0.4, -0.2) is 16.2 Å². The molecule has 0 radical (unpaired) electrons. The average molecular weight is 159 g/mol. The minimum Gasteiger partial charge on any atom is -0.464 e. The van der Waals surface area contributed by atoms with Crippen LogP contribution in [0.25, 0.3) is 0 Å². The van der Waals surface area contributed by atoms with Crippen LogP contribution in [0.3, 0.4) is 0 Å². The molecule has 1 amide bonds. The smallest absolute Gasteiger partial charge is 0.427 e. The van der Waals surface area contributed by atoms with Crippen molar-refractivity contribution < 1.29 is 9.90 Å². The molecule has 10 heavy (non-hydrogen) atoms. The molecule has 0 unspecified atom stereocenters. The Hall–Kier alpha value is -1.14. The highest BCUT2D eigenvalue weighted by Gasteiger charge is 2.09. The van der Waals surface area contributed by atoms with Gasteiger partial charge in [0.15, 0.2) is 5.82 Å². The second-order valence-electron chi connectivity index (χ2n) is 1.50. The molecule has 0 aliphatic carbocycles. The van der Waals surface area contributed by atoms with Gasteiger partial charge in [0, 0.05) is 5.38 Å². The van der Waals surface area contributed by atoms with Gasteiger partial charge in [-0.05, 0) is 0 Å². The second kappa shape index (κ2) is 2.63. The van der Waals surface area contributed by atoms with Crippen LogP contribution in [-0.2, 0) is 0 Å². The van der Waals surface area contributed by atoms with Crippen LogP contribution in [0, 0.1) is 0 Å². The minimum absolute atomic E-state index is 0.248. The summed E-state index contributed by atoms with van der Waals surface area (Å²) >= 11 is 1.29. The molecule has 1 rings (SSSR count). The predicted molar refractivity (Wildman–Crippen MR) is 36.8 cm³/mol. The molecule has 0 spiro atoms. The van der Waals surface area contributed by atoms with E-state index in [1.807, 2.05) is 0 Å². The van der Waals surface area contributed by atoms with Gasteiger partial charge in [-0.1, -0.05) is 0 Å². The van der Waals surface area contributed by atoms with Gasteiger partial charge in [-0.3, -0.25) is 0 Å². The van der Waals surface area contributed by atoms with Gasteiger partial charge in [0.05, 0.1) is 5.51 Å². The molecule has 1 aromatic rings. The molecule has 0 aliphatic rings. The average Bonchev–Trinajstić information content (AvgIpc) is 2.36. The number of carboxylic acid groups (broad SMARTS) is 1. The molecule has 0 fully saturated rings. The van der Waals surface area contributed by atoms with Gasteiger partial charge in [0.1, 0.15) is 0 Å². The third-order valence-corrected chi connectivity index (χ3v) is 1.45. The maximum Gasteiger partial charge on any atom is 0.427 e. The quantitative estimate of drug-likeness (QED) is 0.355. The SMILES string of the molecule is NN(C(=O)O)c1cscn1. The molecule has 1 aromatic heterocycles. The number of hydrogen-bond donors (Lipinski definition) is 2. The van der Waals surface area contributed by atoms with Crippen LogP contribution >= 0.6 is 11.3 Å². The summed E-state index contributed by atoms with van der Waals surface area (Å²) in [6.45, 7) is 0. The first-order chi connectivity index (χ1) is 4.72. The number of anilines is 1. The number of nitrogens with two attached hydrogens (primary N) is 1. The van der Waals surface area contributed by atoms with Crippen molar-refractivity contribution >= 4 is 23.2 Å². The lowest BCUT2D eigenvalue weighted by Gasteiger charge is -2.06. The molecule has 3 N–H and O–H groups in total. The lowest BCUT2D eigenvalue weighted by atomic mass is 10.7. The number of amides is 1. The largest absolute Gasteiger partial charge is 0.464 e. The molecule has 1 heterocycles. The molecule has 0 aliphatic heterocycles. The van der Waals surface area contributed by atoms with E-state index in [2.05, 4.69) is 4.98 Å². The Labute approximate surface area is 60.7 Å². The number of thiazole rings is 1. The molecule has 0 saturated heterocycles. The fraction of sp³-hybridized carbons (Fsp3) is 0. The zero-order valence-corrected chi connectivity index (χ0v) is 5.71. The van der Waals surface area contributed by atoms with Crippen LogP contribution in [0.4, 0.5) is 10.6 Å². The number of aromatic nitrogens is 1. The highest BCUT2D eigenvalue weighted by atomic mass is 32.1. The number of rotatable bonds is 1. The van der Waals surface area contributed by atoms with E-state index < -0.39 is 6.09 Å². The van der Waals surface area contributed by atoms with E-state index in [1.165, 1.54) is 16.8 Å². The van der Waals surface area contributed by atoms with E-state index in [4.69, 9.17) is 10.9 Å². The van der Waals surface area contributed by atoms with Crippen molar-refractivity contribution in [1.29, 1.82) is 0 Å². The maximum atomic E-state index is 10.2. The van der Waals surface area contributed by atoms with Gasteiger partial charge in [0.2, 0.25) is 0 Å². The predicted octanol–water partition coefficient (Wildman–Crippen LogP) is 0.501. The molecule has 5 nitrogen and oxygen atoms in total. The van der Waals surface area contributed by atoms with Crippen LogP contribution in [0.15, 0.2) is 10.9 Å². The van der Waals surface area contributed by atoms with Crippen molar-refractivity contribution in [3.63, 3.8) is 0 Å². The van der Waals surface area contributed by atoms with E-state index in [9.17, 15) is 4.79 Å². The summed E-state index contributed by atoms with van der Waals surface area (Å²) in [7, 11) is 0. The standard InChI is InChI=1S/C4H5N3O2S/c5-7(4(8)9)3-1-10-2-6-3/h1-2H,5H2,(H,8,9). The van der Waals surface area contributed by atoms with Gasteiger partial charge >= 0.3 is 6.09 Å². The Balaban J connectivity index is 2.77. The monoisotopic (exact) mass is 159 g/mol. The minimum atomic E-state index is -1.22. The van der Waals surface area contributed by atoms with E-state index >= 15 is 0 Å².